The van der Waals surface area contributed by atoms with E-state index in [0.717, 1.165) is 48.7 Å². The summed E-state index contributed by atoms with van der Waals surface area (Å²) < 4.78 is 16.1. The second-order valence-corrected chi connectivity index (χ2v) is 6.25. The summed E-state index contributed by atoms with van der Waals surface area (Å²) in [6.07, 6.45) is 1.91. The van der Waals surface area contributed by atoms with Gasteiger partial charge < -0.3 is 19.5 Å². The number of methoxy groups -OCH3 is 2. The maximum atomic E-state index is 6.25. The van der Waals surface area contributed by atoms with Crippen molar-refractivity contribution in [1.29, 1.82) is 0 Å². The van der Waals surface area contributed by atoms with Gasteiger partial charge in [0.15, 0.2) is 5.15 Å². The lowest BCUT2D eigenvalue weighted by Gasteiger charge is -2.23. The van der Waals surface area contributed by atoms with Gasteiger partial charge in [-0.1, -0.05) is 11.6 Å². The Morgan fingerprint density at radius 1 is 1.16 bits per heavy atom. The zero-order valence-electron chi connectivity index (χ0n) is 14.4. The summed E-state index contributed by atoms with van der Waals surface area (Å²) in [5, 5.41) is 12.0. The summed E-state index contributed by atoms with van der Waals surface area (Å²) in [5.41, 5.74) is 2.04. The van der Waals surface area contributed by atoms with Gasteiger partial charge in [0.1, 0.15) is 17.3 Å². The Morgan fingerprint density at radius 3 is 2.68 bits per heavy atom. The molecule has 2 heterocycles. The Balaban J connectivity index is 1.73. The van der Waals surface area contributed by atoms with E-state index in [2.05, 4.69) is 15.5 Å². The topological polar surface area (TPSA) is 65.5 Å². The van der Waals surface area contributed by atoms with Gasteiger partial charge >= 0.3 is 0 Å². The summed E-state index contributed by atoms with van der Waals surface area (Å²) in [5.74, 6) is 2.59. The lowest BCUT2D eigenvalue weighted by atomic mass is 9.93. The van der Waals surface area contributed by atoms with Gasteiger partial charge in [-0.3, -0.25) is 0 Å². The lowest BCUT2D eigenvalue weighted by molar-refractivity contribution is 0.0853. The highest BCUT2D eigenvalue weighted by atomic mass is 35.5. The normalized spacial score (nSPS) is 15.0. The molecule has 0 spiro atoms. The van der Waals surface area contributed by atoms with Crippen LogP contribution in [0.4, 0.5) is 5.82 Å². The highest BCUT2D eigenvalue weighted by molar-refractivity contribution is 6.30. The van der Waals surface area contributed by atoms with Gasteiger partial charge in [-0.05, 0) is 42.5 Å². The summed E-state index contributed by atoms with van der Waals surface area (Å²) >= 11 is 6.25. The second-order valence-electron chi connectivity index (χ2n) is 5.89. The molecule has 3 rings (SSSR count). The van der Waals surface area contributed by atoms with E-state index in [0.29, 0.717) is 23.4 Å². The van der Waals surface area contributed by atoms with Crippen molar-refractivity contribution in [3.8, 4) is 11.5 Å². The number of ether oxygens (including phenoxy) is 3. The first-order valence-corrected chi connectivity index (χ1v) is 8.64. The van der Waals surface area contributed by atoms with Crippen molar-refractivity contribution < 1.29 is 14.2 Å². The van der Waals surface area contributed by atoms with Crippen molar-refractivity contribution in [2.24, 2.45) is 0 Å². The first kappa shape index (κ1) is 17.8. The maximum Gasteiger partial charge on any atom is 0.155 e. The summed E-state index contributed by atoms with van der Waals surface area (Å²) in [6.45, 7) is 2.08. The molecule has 0 amide bonds. The predicted octanol–water partition coefficient (Wildman–Crippen LogP) is 3.65. The minimum atomic E-state index is 0.368. The Kier molecular flexibility index (Phi) is 5.94. The monoisotopic (exact) mass is 363 g/mol. The van der Waals surface area contributed by atoms with Crippen LogP contribution in [0, 0.1) is 0 Å². The minimum absolute atomic E-state index is 0.368. The van der Waals surface area contributed by atoms with Crippen LogP contribution in [0.1, 0.15) is 29.9 Å². The molecule has 0 bridgehead atoms. The third kappa shape index (κ3) is 4.32. The summed E-state index contributed by atoms with van der Waals surface area (Å²) in [7, 11) is 3.28. The molecule has 134 valence electrons. The lowest BCUT2D eigenvalue weighted by Crippen LogP contribution is -2.15. The molecule has 1 N–H and O–H groups in total. The Bertz CT molecular complexity index is 721. The fraction of sp³-hybridized carbons (Fsp3) is 0.444. The van der Waals surface area contributed by atoms with Gasteiger partial charge in [0.25, 0.3) is 0 Å². The van der Waals surface area contributed by atoms with E-state index in [1.165, 1.54) is 0 Å². The molecular formula is C18H22ClN3O3. The molecule has 2 aromatic rings. The standard InChI is InChI=1S/C18H22ClN3O3/c1-23-14-4-3-13(16(9-14)24-2)11-20-17-10-15(18(19)22-21-17)12-5-7-25-8-6-12/h3-4,9-10,12H,5-8,11H2,1-2H3,(H,20,21). The molecule has 1 fully saturated rings. The Morgan fingerprint density at radius 2 is 1.96 bits per heavy atom. The van der Waals surface area contributed by atoms with Crippen molar-refractivity contribution in [3.05, 3.63) is 40.5 Å². The molecule has 7 heteroatoms. The van der Waals surface area contributed by atoms with E-state index in [9.17, 15) is 0 Å². The van der Waals surface area contributed by atoms with E-state index >= 15 is 0 Å². The van der Waals surface area contributed by atoms with Crippen LogP contribution >= 0.6 is 11.6 Å². The fourth-order valence-corrected chi connectivity index (χ4v) is 3.20. The molecule has 1 saturated heterocycles. The molecular weight excluding hydrogens is 342 g/mol. The van der Waals surface area contributed by atoms with Crippen LogP contribution < -0.4 is 14.8 Å². The van der Waals surface area contributed by atoms with Gasteiger partial charge in [-0.15, -0.1) is 10.2 Å². The van der Waals surface area contributed by atoms with Crippen molar-refractivity contribution >= 4 is 17.4 Å². The molecule has 0 saturated carbocycles. The van der Waals surface area contributed by atoms with Crippen LogP contribution in [0.25, 0.3) is 0 Å². The van der Waals surface area contributed by atoms with Crippen molar-refractivity contribution in [2.45, 2.75) is 25.3 Å². The number of anilines is 1. The van der Waals surface area contributed by atoms with Crippen LogP contribution in [-0.4, -0.2) is 37.6 Å². The predicted molar refractivity (Wildman–Crippen MR) is 96.7 cm³/mol. The maximum absolute atomic E-state index is 6.25. The average molecular weight is 364 g/mol. The van der Waals surface area contributed by atoms with E-state index < -0.39 is 0 Å². The molecule has 1 aromatic carbocycles. The molecule has 0 aliphatic carbocycles. The van der Waals surface area contributed by atoms with E-state index in [-0.39, 0.29) is 0 Å². The highest BCUT2D eigenvalue weighted by Crippen LogP contribution is 2.32. The number of benzene rings is 1. The molecule has 0 unspecified atom stereocenters. The van der Waals surface area contributed by atoms with Crippen LogP contribution in [0.5, 0.6) is 11.5 Å². The van der Waals surface area contributed by atoms with Gasteiger partial charge in [-0.2, -0.15) is 0 Å². The summed E-state index contributed by atoms with van der Waals surface area (Å²) in [6, 6.07) is 7.72. The molecule has 1 aliphatic heterocycles. The zero-order valence-corrected chi connectivity index (χ0v) is 15.2. The molecule has 1 aliphatic rings. The average Bonchev–Trinajstić information content (AvgIpc) is 2.68. The van der Waals surface area contributed by atoms with Crippen molar-refractivity contribution in [2.75, 3.05) is 32.8 Å². The molecule has 0 radical (unpaired) electrons. The van der Waals surface area contributed by atoms with E-state index in [1.54, 1.807) is 14.2 Å². The minimum Gasteiger partial charge on any atom is -0.497 e. The first-order valence-electron chi connectivity index (χ1n) is 8.27. The first-order chi connectivity index (χ1) is 12.2. The third-order valence-electron chi connectivity index (χ3n) is 4.39. The number of hydrogen-bond donors (Lipinski definition) is 1. The number of nitrogens with zero attached hydrogens (tertiary/aromatic N) is 2. The number of hydrogen-bond acceptors (Lipinski definition) is 6. The second kappa shape index (κ2) is 8.36. The van der Waals surface area contributed by atoms with Gasteiger partial charge in [0, 0.05) is 31.4 Å². The fourth-order valence-electron chi connectivity index (χ4n) is 2.96. The number of nitrogens with one attached hydrogen (secondary N) is 1. The zero-order chi connectivity index (χ0) is 17.6. The van der Waals surface area contributed by atoms with Gasteiger partial charge in [0.2, 0.25) is 0 Å². The molecule has 6 nitrogen and oxygen atoms in total. The highest BCUT2D eigenvalue weighted by Gasteiger charge is 2.20. The molecule has 0 atom stereocenters. The van der Waals surface area contributed by atoms with Gasteiger partial charge in [0.05, 0.1) is 14.2 Å². The largest absolute Gasteiger partial charge is 0.497 e. The van der Waals surface area contributed by atoms with E-state index in [1.807, 2.05) is 24.3 Å². The number of rotatable bonds is 6. The third-order valence-corrected chi connectivity index (χ3v) is 4.69. The number of halogens is 1. The van der Waals surface area contributed by atoms with Crippen molar-refractivity contribution in [3.63, 3.8) is 0 Å². The summed E-state index contributed by atoms with van der Waals surface area (Å²) in [4.78, 5) is 0. The quantitative estimate of drug-likeness (QED) is 0.845. The van der Waals surface area contributed by atoms with E-state index in [4.69, 9.17) is 25.8 Å². The smallest absolute Gasteiger partial charge is 0.155 e. The van der Waals surface area contributed by atoms with Crippen LogP contribution in [0.2, 0.25) is 5.15 Å². The van der Waals surface area contributed by atoms with Crippen molar-refractivity contribution in [1.82, 2.24) is 10.2 Å². The Labute approximate surface area is 152 Å². The molecule has 25 heavy (non-hydrogen) atoms. The van der Waals surface area contributed by atoms with Crippen LogP contribution in [-0.2, 0) is 11.3 Å². The van der Waals surface area contributed by atoms with Crippen LogP contribution in [0.3, 0.4) is 0 Å². The molecule has 1 aromatic heterocycles. The number of aromatic nitrogens is 2. The SMILES string of the molecule is COc1ccc(CNc2cc(C3CCOCC3)c(Cl)nn2)c(OC)c1. The van der Waals surface area contributed by atoms with Gasteiger partial charge in [-0.25, -0.2) is 0 Å². The van der Waals surface area contributed by atoms with Crippen LogP contribution in [0.15, 0.2) is 24.3 Å². The Hall–Kier alpha value is -2.05.